The van der Waals surface area contributed by atoms with Gasteiger partial charge in [0.25, 0.3) is 0 Å². The summed E-state index contributed by atoms with van der Waals surface area (Å²) in [7, 11) is 1.30. The van der Waals surface area contributed by atoms with E-state index in [9.17, 15) is 9.59 Å². The van der Waals surface area contributed by atoms with E-state index in [0.29, 0.717) is 0 Å². The molecule has 1 aromatic rings. The van der Waals surface area contributed by atoms with Crippen LogP contribution in [0.2, 0.25) is 0 Å². The molecule has 3 nitrogen and oxygen atoms in total. The zero-order chi connectivity index (χ0) is 12.7. The molecule has 17 heavy (non-hydrogen) atoms. The number of Topliss-reactive ketones (excluding diaryl/α,β-unsaturated/α-hetero) is 1. The summed E-state index contributed by atoms with van der Waals surface area (Å²) in [6, 6.07) is 9.58. The number of benzene rings is 1. The molecule has 92 valence electrons. The predicted octanol–water partition coefficient (Wildman–Crippen LogP) is 2.70. The summed E-state index contributed by atoms with van der Waals surface area (Å²) < 4.78 is 4.53. The number of ketones is 1. The molecule has 0 amide bonds. The fourth-order valence-corrected chi connectivity index (χ4v) is 1.83. The summed E-state index contributed by atoms with van der Waals surface area (Å²) >= 11 is 0. The van der Waals surface area contributed by atoms with Gasteiger partial charge in [0.1, 0.15) is 6.42 Å². The van der Waals surface area contributed by atoms with Crippen LogP contribution in [-0.2, 0) is 14.3 Å². The van der Waals surface area contributed by atoms with E-state index >= 15 is 0 Å². The summed E-state index contributed by atoms with van der Waals surface area (Å²) in [5, 5.41) is 0. The predicted molar refractivity (Wildman–Crippen MR) is 65.7 cm³/mol. The molecule has 0 bridgehead atoms. The second kappa shape index (κ2) is 6.84. The third-order valence-electron chi connectivity index (χ3n) is 2.71. The monoisotopic (exact) mass is 234 g/mol. The van der Waals surface area contributed by atoms with Gasteiger partial charge in [0, 0.05) is 5.92 Å². The molecule has 1 unspecified atom stereocenters. The van der Waals surface area contributed by atoms with Crippen molar-refractivity contribution >= 4 is 11.8 Å². The van der Waals surface area contributed by atoms with E-state index < -0.39 is 5.97 Å². The molecule has 0 aromatic heterocycles. The highest BCUT2D eigenvalue weighted by Crippen LogP contribution is 2.23. The lowest BCUT2D eigenvalue weighted by Crippen LogP contribution is -2.17. The van der Waals surface area contributed by atoms with Crippen molar-refractivity contribution in [3.8, 4) is 0 Å². The van der Waals surface area contributed by atoms with Crippen molar-refractivity contribution in [2.75, 3.05) is 7.11 Å². The fraction of sp³-hybridized carbons (Fsp3) is 0.429. The third-order valence-corrected chi connectivity index (χ3v) is 2.71. The Morgan fingerprint density at radius 3 is 2.41 bits per heavy atom. The maximum atomic E-state index is 12.0. The van der Waals surface area contributed by atoms with Crippen molar-refractivity contribution in [1.82, 2.24) is 0 Å². The van der Waals surface area contributed by atoms with E-state index in [-0.39, 0.29) is 18.1 Å². The van der Waals surface area contributed by atoms with Gasteiger partial charge in [-0.05, 0) is 12.0 Å². The highest BCUT2D eigenvalue weighted by molar-refractivity contribution is 5.99. The average Bonchev–Trinajstić information content (AvgIpc) is 2.36. The number of hydrogen-bond acceptors (Lipinski definition) is 3. The molecule has 0 heterocycles. The number of hydrogen-bond donors (Lipinski definition) is 0. The molecule has 3 heteroatoms. The van der Waals surface area contributed by atoms with E-state index in [1.807, 2.05) is 37.3 Å². The van der Waals surface area contributed by atoms with Gasteiger partial charge in [-0.15, -0.1) is 0 Å². The van der Waals surface area contributed by atoms with Crippen LogP contribution in [0.4, 0.5) is 0 Å². The van der Waals surface area contributed by atoms with Crippen LogP contribution < -0.4 is 0 Å². The van der Waals surface area contributed by atoms with Crippen molar-refractivity contribution in [1.29, 1.82) is 0 Å². The lowest BCUT2D eigenvalue weighted by molar-refractivity contribution is -0.143. The topological polar surface area (TPSA) is 43.4 Å². The van der Waals surface area contributed by atoms with Crippen LogP contribution in [0.3, 0.4) is 0 Å². The second-order valence-electron chi connectivity index (χ2n) is 3.97. The van der Waals surface area contributed by atoms with Crippen molar-refractivity contribution in [2.45, 2.75) is 32.1 Å². The van der Waals surface area contributed by atoms with Crippen LogP contribution in [0.1, 0.15) is 37.7 Å². The molecular formula is C14H18O3. The first-order valence-electron chi connectivity index (χ1n) is 5.83. The first-order valence-corrected chi connectivity index (χ1v) is 5.83. The molecule has 0 aliphatic heterocycles. The largest absolute Gasteiger partial charge is 0.469 e. The minimum Gasteiger partial charge on any atom is -0.469 e. The summed E-state index contributed by atoms with van der Waals surface area (Å²) in [5.41, 5.74) is 0.975. The minimum atomic E-state index is -0.466. The average molecular weight is 234 g/mol. The van der Waals surface area contributed by atoms with Gasteiger partial charge in [0.05, 0.1) is 7.11 Å². The van der Waals surface area contributed by atoms with E-state index in [0.717, 1.165) is 18.4 Å². The Morgan fingerprint density at radius 2 is 1.88 bits per heavy atom. The number of carbonyl (C=O) groups is 2. The lowest BCUT2D eigenvalue weighted by atomic mass is 9.89. The lowest BCUT2D eigenvalue weighted by Gasteiger charge is -2.14. The Hall–Kier alpha value is -1.64. The van der Waals surface area contributed by atoms with E-state index in [1.165, 1.54) is 7.11 Å². The highest BCUT2D eigenvalue weighted by atomic mass is 16.5. The molecule has 0 spiro atoms. The Balaban J connectivity index is 2.79. The number of rotatable bonds is 6. The Kier molecular flexibility index (Phi) is 5.40. The van der Waals surface area contributed by atoms with E-state index in [4.69, 9.17) is 0 Å². The molecule has 0 saturated heterocycles. The van der Waals surface area contributed by atoms with Gasteiger partial charge in [-0.2, -0.15) is 0 Å². The smallest absolute Gasteiger partial charge is 0.313 e. The molecule has 0 aliphatic rings. The number of methoxy groups -OCH3 is 1. The highest BCUT2D eigenvalue weighted by Gasteiger charge is 2.22. The number of carbonyl (C=O) groups excluding carboxylic acids is 2. The van der Waals surface area contributed by atoms with Crippen LogP contribution in [-0.4, -0.2) is 18.9 Å². The zero-order valence-electron chi connectivity index (χ0n) is 10.3. The summed E-state index contributed by atoms with van der Waals surface area (Å²) in [6.07, 6.45) is 1.53. The molecule has 1 atom stereocenters. The Bertz CT molecular complexity index is 370. The molecule has 0 N–H and O–H groups in total. The van der Waals surface area contributed by atoms with Crippen LogP contribution in [0.5, 0.6) is 0 Å². The molecule has 0 radical (unpaired) electrons. The molecule has 1 rings (SSSR count). The van der Waals surface area contributed by atoms with Crippen molar-refractivity contribution in [2.24, 2.45) is 0 Å². The zero-order valence-corrected chi connectivity index (χ0v) is 10.3. The molecule has 1 aromatic carbocycles. The van der Waals surface area contributed by atoms with Crippen molar-refractivity contribution in [3.63, 3.8) is 0 Å². The van der Waals surface area contributed by atoms with Crippen LogP contribution in [0, 0.1) is 0 Å². The summed E-state index contributed by atoms with van der Waals surface area (Å²) in [4.78, 5) is 23.1. The number of esters is 1. The van der Waals surface area contributed by atoms with Gasteiger partial charge >= 0.3 is 5.97 Å². The summed E-state index contributed by atoms with van der Waals surface area (Å²) in [6.45, 7) is 2.03. The first-order chi connectivity index (χ1) is 8.19. The van der Waals surface area contributed by atoms with Gasteiger partial charge < -0.3 is 4.74 Å². The summed E-state index contributed by atoms with van der Waals surface area (Å²) in [5.74, 6) is -0.725. The van der Waals surface area contributed by atoms with Gasteiger partial charge in [-0.3, -0.25) is 9.59 Å². The van der Waals surface area contributed by atoms with Gasteiger partial charge in [0.2, 0.25) is 0 Å². The van der Waals surface area contributed by atoms with Gasteiger partial charge in [-0.25, -0.2) is 0 Å². The van der Waals surface area contributed by atoms with Crippen LogP contribution >= 0.6 is 0 Å². The SMILES string of the molecule is CCCC(C(=O)CC(=O)OC)c1ccccc1. The first kappa shape index (κ1) is 13.4. The van der Waals surface area contributed by atoms with E-state index in [2.05, 4.69) is 4.74 Å². The molecule has 0 saturated carbocycles. The fourth-order valence-electron chi connectivity index (χ4n) is 1.83. The molecule has 0 fully saturated rings. The third kappa shape index (κ3) is 4.02. The minimum absolute atomic E-state index is 0.0649. The Morgan fingerprint density at radius 1 is 1.24 bits per heavy atom. The van der Waals surface area contributed by atoms with Crippen LogP contribution in [0.15, 0.2) is 30.3 Å². The molecular weight excluding hydrogens is 216 g/mol. The van der Waals surface area contributed by atoms with E-state index in [1.54, 1.807) is 0 Å². The maximum absolute atomic E-state index is 12.0. The quantitative estimate of drug-likeness (QED) is 0.561. The second-order valence-corrected chi connectivity index (χ2v) is 3.97. The van der Waals surface area contributed by atoms with Crippen LogP contribution in [0.25, 0.3) is 0 Å². The number of ether oxygens (including phenoxy) is 1. The standard InChI is InChI=1S/C14H18O3/c1-3-7-12(11-8-5-4-6-9-11)13(15)10-14(16)17-2/h4-6,8-9,12H,3,7,10H2,1-2H3. The van der Waals surface area contributed by atoms with Gasteiger partial charge in [-0.1, -0.05) is 43.7 Å². The normalized spacial score (nSPS) is 11.9. The van der Waals surface area contributed by atoms with Crippen molar-refractivity contribution < 1.29 is 14.3 Å². The Labute approximate surface area is 102 Å². The molecule has 0 aliphatic carbocycles. The van der Waals surface area contributed by atoms with Gasteiger partial charge in [0.15, 0.2) is 5.78 Å². The van der Waals surface area contributed by atoms with Crippen molar-refractivity contribution in [3.05, 3.63) is 35.9 Å². The maximum Gasteiger partial charge on any atom is 0.313 e.